The van der Waals surface area contributed by atoms with Gasteiger partial charge in [-0.2, -0.15) is 0 Å². The van der Waals surface area contributed by atoms with Crippen LogP contribution >= 0.6 is 0 Å². The molecule has 0 saturated heterocycles. The summed E-state index contributed by atoms with van der Waals surface area (Å²) in [6.07, 6.45) is 1.96. The topological polar surface area (TPSA) is 12.0 Å². The summed E-state index contributed by atoms with van der Waals surface area (Å²) < 4.78 is 13.2. The van der Waals surface area contributed by atoms with Gasteiger partial charge in [0.25, 0.3) is 0 Å². The second-order valence-electron chi connectivity index (χ2n) is 3.30. The van der Waals surface area contributed by atoms with E-state index in [0.717, 1.165) is 12.8 Å². The molecule has 1 saturated carbocycles. The Labute approximate surface area is 55.6 Å². The van der Waals surface area contributed by atoms with E-state index in [2.05, 4.69) is 5.32 Å². The van der Waals surface area contributed by atoms with Crippen LogP contribution in [0.3, 0.4) is 0 Å². The molecule has 9 heavy (non-hydrogen) atoms. The Morgan fingerprint density at radius 1 is 1.44 bits per heavy atom. The third-order valence-corrected chi connectivity index (χ3v) is 2.37. The minimum atomic E-state index is -1.05. The molecule has 0 aromatic heterocycles. The van der Waals surface area contributed by atoms with Gasteiger partial charge in [0.15, 0.2) is 0 Å². The number of hydrogen-bond donors (Lipinski definition) is 1. The van der Waals surface area contributed by atoms with Crippen molar-refractivity contribution in [1.29, 1.82) is 0 Å². The molecule has 0 aromatic rings. The summed E-state index contributed by atoms with van der Waals surface area (Å²) in [5, 5.41) is 3.02. The highest BCUT2D eigenvalue weighted by Gasteiger charge is 2.53. The first kappa shape index (κ1) is 7.00. The first-order valence-corrected chi connectivity index (χ1v) is 3.40. The van der Waals surface area contributed by atoms with Gasteiger partial charge in [0.1, 0.15) is 5.67 Å². The average Bonchev–Trinajstić information content (AvgIpc) is 2.40. The molecule has 0 amide bonds. The van der Waals surface area contributed by atoms with Crippen LogP contribution in [0.4, 0.5) is 4.39 Å². The Bertz CT molecular complexity index is 111. The molecule has 1 N–H and O–H groups in total. The Morgan fingerprint density at radius 3 is 1.89 bits per heavy atom. The Morgan fingerprint density at radius 2 is 1.89 bits per heavy atom. The molecule has 1 rings (SSSR count). The van der Waals surface area contributed by atoms with Gasteiger partial charge < -0.3 is 5.32 Å². The Balaban J connectivity index is 2.60. The summed E-state index contributed by atoms with van der Waals surface area (Å²) in [7, 11) is 1.83. The standard InChI is InChI=1S/C7H14FN/c1-6(2,8)7(9-3)4-5-7/h9H,4-5H2,1-3H3. The van der Waals surface area contributed by atoms with Gasteiger partial charge in [-0.05, 0) is 33.7 Å². The van der Waals surface area contributed by atoms with E-state index in [1.54, 1.807) is 13.8 Å². The lowest BCUT2D eigenvalue weighted by molar-refractivity contribution is 0.139. The van der Waals surface area contributed by atoms with E-state index in [-0.39, 0.29) is 5.54 Å². The van der Waals surface area contributed by atoms with Crippen molar-refractivity contribution in [3.8, 4) is 0 Å². The second kappa shape index (κ2) is 1.69. The van der Waals surface area contributed by atoms with Gasteiger partial charge in [-0.25, -0.2) is 4.39 Å². The molecule has 0 radical (unpaired) electrons. The van der Waals surface area contributed by atoms with E-state index in [4.69, 9.17) is 0 Å². The van der Waals surface area contributed by atoms with Crippen molar-refractivity contribution in [3.63, 3.8) is 0 Å². The molecular formula is C7H14FN. The maximum Gasteiger partial charge on any atom is 0.123 e. The maximum absolute atomic E-state index is 13.2. The number of halogens is 1. The number of hydrogen-bond acceptors (Lipinski definition) is 1. The molecule has 0 heterocycles. The predicted molar refractivity (Wildman–Crippen MR) is 36.2 cm³/mol. The molecule has 2 heteroatoms. The Hall–Kier alpha value is -0.110. The van der Waals surface area contributed by atoms with Crippen LogP contribution in [0.5, 0.6) is 0 Å². The van der Waals surface area contributed by atoms with Crippen LogP contribution in [0, 0.1) is 0 Å². The van der Waals surface area contributed by atoms with Crippen LogP contribution in [0.2, 0.25) is 0 Å². The van der Waals surface area contributed by atoms with Crippen LogP contribution in [-0.4, -0.2) is 18.3 Å². The second-order valence-corrected chi connectivity index (χ2v) is 3.30. The largest absolute Gasteiger partial charge is 0.311 e. The van der Waals surface area contributed by atoms with E-state index >= 15 is 0 Å². The van der Waals surface area contributed by atoms with Crippen LogP contribution in [-0.2, 0) is 0 Å². The van der Waals surface area contributed by atoms with Crippen LogP contribution in [0.25, 0.3) is 0 Å². The summed E-state index contributed by atoms with van der Waals surface area (Å²) in [5.41, 5.74) is -1.24. The molecule has 1 fully saturated rings. The Kier molecular flexibility index (Phi) is 1.31. The van der Waals surface area contributed by atoms with E-state index < -0.39 is 5.67 Å². The molecule has 1 aliphatic carbocycles. The lowest BCUT2D eigenvalue weighted by Gasteiger charge is -2.25. The smallest absolute Gasteiger partial charge is 0.123 e. The summed E-state index contributed by atoms with van der Waals surface area (Å²) in [6.45, 7) is 3.27. The monoisotopic (exact) mass is 131 g/mol. The maximum atomic E-state index is 13.2. The summed E-state index contributed by atoms with van der Waals surface area (Å²) >= 11 is 0. The third kappa shape index (κ3) is 0.960. The number of rotatable bonds is 2. The van der Waals surface area contributed by atoms with Gasteiger partial charge >= 0.3 is 0 Å². The molecule has 0 spiro atoms. The van der Waals surface area contributed by atoms with Crippen molar-refractivity contribution in [3.05, 3.63) is 0 Å². The van der Waals surface area contributed by atoms with Gasteiger partial charge in [0.2, 0.25) is 0 Å². The lowest BCUT2D eigenvalue weighted by Crippen LogP contribution is -2.44. The van der Waals surface area contributed by atoms with Gasteiger partial charge in [-0.3, -0.25) is 0 Å². The molecule has 0 aromatic carbocycles. The molecule has 54 valence electrons. The SMILES string of the molecule is CNC1(C(C)(C)F)CC1. The fourth-order valence-electron chi connectivity index (χ4n) is 1.27. The minimum absolute atomic E-state index is 0.188. The number of nitrogens with one attached hydrogen (secondary N) is 1. The first-order chi connectivity index (χ1) is 4.02. The van der Waals surface area contributed by atoms with Crippen molar-refractivity contribution in [2.24, 2.45) is 0 Å². The quantitative estimate of drug-likeness (QED) is 0.598. The summed E-state index contributed by atoms with van der Waals surface area (Å²) in [6, 6.07) is 0. The van der Waals surface area contributed by atoms with Crippen LogP contribution in [0.1, 0.15) is 26.7 Å². The summed E-state index contributed by atoms with van der Waals surface area (Å²) in [5.74, 6) is 0. The summed E-state index contributed by atoms with van der Waals surface area (Å²) in [4.78, 5) is 0. The highest BCUT2D eigenvalue weighted by Crippen LogP contribution is 2.46. The van der Waals surface area contributed by atoms with Crippen molar-refractivity contribution >= 4 is 0 Å². The van der Waals surface area contributed by atoms with Crippen molar-refractivity contribution in [2.75, 3.05) is 7.05 Å². The molecule has 0 atom stereocenters. The van der Waals surface area contributed by atoms with Crippen LogP contribution in [0.15, 0.2) is 0 Å². The van der Waals surface area contributed by atoms with E-state index in [0.29, 0.717) is 0 Å². The predicted octanol–water partition coefficient (Wildman–Crippen LogP) is 1.49. The van der Waals surface area contributed by atoms with Crippen molar-refractivity contribution < 1.29 is 4.39 Å². The van der Waals surface area contributed by atoms with E-state index in [1.807, 2.05) is 7.05 Å². The molecule has 0 aliphatic heterocycles. The highest BCUT2D eigenvalue weighted by atomic mass is 19.1. The molecule has 1 aliphatic rings. The third-order valence-electron chi connectivity index (χ3n) is 2.37. The van der Waals surface area contributed by atoms with Gasteiger partial charge in [0.05, 0.1) is 5.54 Å². The zero-order valence-corrected chi connectivity index (χ0v) is 6.29. The molecule has 0 unspecified atom stereocenters. The van der Waals surface area contributed by atoms with E-state index in [1.165, 1.54) is 0 Å². The molecule has 0 bridgehead atoms. The zero-order chi connectivity index (χ0) is 7.12. The molecular weight excluding hydrogens is 117 g/mol. The van der Waals surface area contributed by atoms with Gasteiger partial charge in [-0.1, -0.05) is 0 Å². The van der Waals surface area contributed by atoms with Crippen molar-refractivity contribution in [1.82, 2.24) is 5.32 Å². The average molecular weight is 131 g/mol. The first-order valence-electron chi connectivity index (χ1n) is 3.40. The fraction of sp³-hybridized carbons (Fsp3) is 1.00. The normalized spacial score (nSPS) is 24.0. The zero-order valence-electron chi connectivity index (χ0n) is 6.29. The van der Waals surface area contributed by atoms with Gasteiger partial charge in [-0.15, -0.1) is 0 Å². The fourth-order valence-corrected chi connectivity index (χ4v) is 1.27. The van der Waals surface area contributed by atoms with Crippen LogP contribution < -0.4 is 5.32 Å². The molecule has 1 nitrogen and oxygen atoms in total. The number of alkyl halides is 1. The highest BCUT2D eigenvalue weighted by molar-refractivity contribution is 5.11. The minimum Gasteiger partial charge on any atom is -0.311 e. The van der Waals surface area contributed by atoms with Crippen molar-refractivity contribution in [2.45, 2.75) is 37.9 Å². The van der Waals surface area contributed by atoms with E-state index in [9.17, 15) is 4.39 Å². The lowest BCUT2D eigenvalue weighted by atomic mass is 9.99. The van der Waals surface area contributed by atoms with Gasteiger partial charge in [0, 0.05) is 0 Å².